The van der Waals surface area contributed by atoms with Gasteiger partial charge in [-0.05, 0) is 11.1 Å². The van der Waals surface area contributed by atoms with Crippen LogP contribution in [0.2, 0.25) is 0 Å². The SMILES string of the molecule is CC(=O)NC(CO)C(=O)O.c1cc2ccc1-2. The molecule has 0 spiro atoms. The zero-order chi connectivity index (χ0) is 12.1. The van der Waals surface area contributed by atoms with Gasteiger partial charge in [-0.25, -0.2) is 4.79 Å². The topological polar surface area (TPSA) is 86.6 Å². The summed E-state index contributed by atoms with van der Waals surface area (Å²) in [6, 6.07) is 7.30. The molecule has 0 aliphatic heterocycles. The first-order chi connectivity index (χ1) is 7.54. The summed E-state index contributed by atoms with van der Waals surface area (Å²) in [7, 11) is 0. The third-order valence-corrected chi connectivity index (χ3v) is 2.08. The van der Waals surface area contributed by atoms with Crippen molar-refractivity contribution in [2.24, 2.45) is 0 Å². The number of carbonyl (C=O) groups is 2. The predicted octanol–water partition coefficient (Wildman–Crippen LogP) is 0.235. The van der Waals surface area contributed by atoms with Gasteiger partial charge < -0.3 is 15.5 Å². The molecule has 2 aliphatic carbocycles. The first-order valence-corrected chi connectivity index (χ1v) is 4.76. The van der Waals surface area contributed by atoms with Crippen LogP contribution in [0.1, 0.15) is 6.92 Å². The van der Waals surface area contributed by atoms with E-state index in [0.717, 1.165) is 0 Å². The Kier molecular flexibility index (Phi) is 4.02. The Morgan fingerprint density at radius 3 is 1.75 bits per heavy atom. The second-order valence-electron chi connectivity index (χ2n) is 3.35. The van der Waals surface area contributed by atoms with E-state index in [1.165, 1.54) is 18.1 Å². The number of rotatable bonds is 3. The van der Waals surface area contributed by atoms with E-state index < -0.39 is 24.5 Å². The lowest BCUT2D eigenvalue weighted by atomic mass is 9.95. The summed E-state index contributed by atoms with van der Waals surface area (Å²) in [5.74, 6) is -1.71. The van der Waals surface area contributed by atoms with Crippen molar-refractivity contribution in [3.05, 3.63) is 24.3 Å². The van der Waals surface area contributed by atoms with E-state index >= 15 is 0 Å². The minimum atomic E-state index is -1.24. The van der Waals surface area contributed by atoms with Crippen molar-refractivity contribution < 1.29 is 19.8 Å². The first-order valence-electron chi connectivity index (χ1n) is 4.76. The molecule has 2 aliphatic rings. The molecule has 2 rings (SSSR count). The summed E-state index contributed by atoms with van der Waals surface area (Å²) in [5.41, 5.74) is 2.85. The third kappa shape index (κ3) is 3.06. The Morgan fingerprint density at radius 2 is 1.69 bits per heavy atom. The summed E-state index contributed by atoms with van der Waals surface area (Å²) in [5, 5.41) is 18.6. The third-order valence-electron chi connectivity index (χ3n) is 2.08. The molecule has 5 nitrogen and oxygen atoms in total. The Balaban J connectivity index is 0.000000176. The summed E-state index contributed by atoms with van der Waals surface area (Å²) in [4.78, 5) is 20.3. The lowest BCUT2D eigenvalue weighted by Gasteiger charge is -2.10. The van der Waals surface area contributed by atoms with Crippen molar-refractivity contribution >= 4 is 11.9 Å². The van der Waals surface area contributed by atoms with Gasteiger partial charge in [0.15, 0.2) is 0 Å². The smallest absolute Gasteiger partial charge is 0.328 e. The molecule has 1 amide bonds. The standard InChI is InChI=1S/C6H4.C5H9NO4/c1-2-6-4-3-5(1)6;1-3(8)6-4(2-7)5(9)10/h1-4H;4,7H,2H2,1H3,(H,6,8)(H,9,10). The molecule has 1 atom stereocenters. The number of aliphatic carboxylic acids is 1. The Hall–Kier alpha value is -1.88. The number of carboxylic acids is 1. The molecule has 0 fully saturated rings. The molecule has 0 saturated heterocycles. The molecule has 0 heterocycles. The van der Waals surface area contributed by atoms with Crippen molar-refractivity contribution in [1.82, 2.24) is 5.32 Å². The van der Waals surface area contributed by atoms with E-state index in [1.54, 1.807) is 0 Å². The fourth-order valence-corrected chi connectivity index (χ4v) is 1.09. The quantitative estimate of drug-likeness (QED) is 0.695. The summed E-state index contributed by atoms with van der Waals surface area (Å²) in [6.45, 7) is 0.598. The van der Waals surface area contributed by atoms with Crippen molar-refractivity contribution in [2.75, 3.05) is 6.61 Å². The van der Waals surface area contributed by atoms with E-state index in [0.29, 0.717) is 0 Å². The van der Waals surface area contributed by atoms with Crippen LogP contribution in [-0.2, 0) is 9.59 Å². The van der Waals surface area contributed by atoms with Gasteiger partial charge in [-0.1, -0.05) is 24.3 Å². The molecule has 0 aromatic heterocycles. The van der Waals surface area contributed by atoms with Crippen molar-refractivity contribution in [1.29, 1.82) is 0 Å². The van der Waals surface area contributed by atoms with E-state index in [4.69, 9.17) is 10.2 Å². The fourth-order valence-electron chi connectivity index (χ4n) is 1.09. The Bertz CT molecular complexity index is 364. The van der Waals surface area contributed by atoms with Gasteiger partial charge in [0, 0.05) is 6.92 Å². The lowest BCUT2D eigenvalue weighted by Crippen LogP contribution is -2.42. The normalized spacial score (nSPS) is 11.9. The van der Waals surface area contributed by atoms with Gasteiger partial charge in [0.05, 0.1) is 6.61 Å². The van der Waals surface area contributed by atoms with Gasteiger partial charge in [-0.15, -0.1) is 0 Å². The number of amides is 1. The maximum Gasteiger partial charge on any atom is 0.328 e. The average molecular weight is 223 g/mol. The number of benzene rings is 1. The number of aliphatic hydroxyl groups excluding tert-OH is 1. The minimum Gasteiger partial charge on any atom is -0.480 e. The predicted molar refractivity (Wildman–Crippen MR) is 57.8 cm³/mol. The number of aliphatic hydroxyl groups is 1. The molecule has 5 heteroatoms. The number of fused-ring (bicyclic) bond motifs is 1. The minimum absolute atomic E-state index is 0.471. The maximum absolute atomic E-state index is 10.2. The van der Waals surface area contributed by atoms with Crippen LogP contribution in [0.5, 0.6) is 0 Å². The zero-order valence-electron chi connectivity index (χ0n) is 8.80. The molecule has 0 saturated carbocycles. The molecular formula is C11H13NO4. The van der Waals surface area contributed by atoms with E-state index in [1.807, 2.05) is 5.32 Å². The molecule has 3 N–H and O–H groups in total. The molecule has 0 bridgehead atoms. The zero-order valence-corrected chi connectivity index (χ0v) is 8.80. The molecule has 1 unspecified atom stereocenters. The second kappa shape index (κ2) is 5.27. The van der Waals surface area contributed by atoms with Crippen LogP contribution in [0.15, 0.2) is 24.3 Å². The van der Waals surface area contributed by atoms with Gasteiger partial charge in [0.1, 0.15) is 6.04 Å². The number of carboxylic acid groups (broad SMARTS) is 1. The van der Waals surface area contributed by atoms with E-state index in [9.17, 15) is 9.59 Å². The number of carbonyl (C=O) groups excluding carboxylic acids is 1. The highest BCUT2D eigenvalue weighted by molar-refractivity contribution is 5.82. The highest BCUT2D eigenvalue weighted by Gasteiger charge is 2.15. The van der Waals surface area contributed by atoms with Crippen LogP contribution < -0.4 is 5.32 Å². The van der Waals surface area contributed by atoms with Crippen LogP contribution >= 0.6 is 0 Å². The summed E-state index contributed by atoms with van der Waals surface area (Å²) >= 11 is 0. The van der Waals surface area contributed by atoms with Gasteiger partial charge in [0.25, 0.3) is 0 Å². The van der Waals surface area contributed by atoms with Gasteiger partial charge in [0.2, 0.25) is 5.91 Å². The number of hydrogen-bond acceptors (Lipinski definition) is 3. The molecule has 0 aromatic rings. The first kappa shape index (κ1) is 12.2. The average Bonchev–Trinajstić information content (AvgIpc) is 2.20. The second-order valence-corrected chi connectivity index (χ2v) is 3.35. The van der Waals surface area contributed by atoms with Gasteiger partial charge in [-0.3, -0.25) is 4.79 Å². The van der Waals surface area contributed by atoms with Crippen LogP contribution in [0.25, 0.3) is 11.1 Å². The van der Waals surface area contributed by atoms with Crippen LogP contribution in [0.3, 0.4) is 0 Å². The molecule has 86 valence electrons. The fraction of sp³-hybridized carbons (Fsp3) is 0.273. The maximum atomic E-state index is 10.2. The van der Waals surface area contributed by atoms with Crippen LogP contribution in [0, 0.1) is 0 Å². The van der Waals surface area contributed by atoms with Crippen LogP contribution in [-0.4, -0.2) is 34.7 Å². The summed E-state index contributed by atoms with van der Waals surface area (Å²) in [6.07, 6.45) is 0. The number of nitrogens with one attached hydrogen (secondary N) is 1. The monoisotopic (exact) mass is 223 g/mol. The molecule has 0 aromatic carbocycles. The van der Waals surface area contributed by atoms with E-state index in [-0.39, 0.29) is 0 Å². The highest BCUT2D eigenvalue weighted by Crippen LogP contribution is 2.29. The van der Waals surface area contributed by atoms with Gasteiger partial charge >= 0.3 is 5.97 Å². The van der Waals surface area contributed by atoms with Crippen molar-refractivity contribution in [3.8, 4) is 11.1 Å². The van der Waals surface area contributed by atoms with Gasteiger partial charge in [-0.2, -0.15) is 0 Å². The van der Waals surface area contributed by atoms with Crippen LogP contribution in [0.4, 0.5) is 0 Å². The van der Waals surface area contributed by atoms with Crippen molar-refractivity contribution in [3.63, 3.8) is 0 Å². The highest BCUT2D eigenvalue weighted by atomic mass is 16.4. The Labute approximate surface area is 92.7 Å². The number of hydrogen-bond donors (Lipinski definition) is 3. The largest absolute Gasteiger partial charge is 0.480 e. The molecule has 16 heavy (non-hydrogen) atoms. The summed E-state index contributed by atoms with van der Waals surface area (Å²) < 4.78 is 0. The lowest BCUT2D eigenvalue weighted by molar-refractivity contribution is -0.142. The Morgan fingerprint density at radius 1 is 1.25 bits per heavy atom. The molecule has 0 radical (unpaired) electrons. The van der Waals surface area contributed by atoms with E-state index in [2.05, 4.69) is 24.3 Å². The van der Waals surface area contributed by atoms with Crippen molar-refractivity contribution in [2.45, 2.75) is 13.0 Å². The molecular weight excluding hydrogens is 210 g/mol.